The van der Waals surface area contributed by atoms with Crippen LogP contribution in [0.4, 0.5) is 0 Å². The summed E-state index contributed by atoms with van der Waals surface area (Å²) in [7, 11) is 0. The highest BCUT2D eigenvalue weighted by molar-refractivity contribution is 7.99. The Hall–Kier alpha value is -0.100. The first kappa shape index (κ1) is 16.3. The third-order valence-corrected chi connectivity index (χ3v) is 5.34. The molecule has 114 valence electrons. The Balaban J connectivity index is 2.12. The predicted octanol–water partition coefficient (Wildman–Crippen LogP) is 3.64. The van der Waals surface area contributed by atoms with Crippen molar-refractivity contribution in [3.8, 4) is 0 Å². The molecule has 0 spiro atoms. The highest BCUT2D eigenvalue weighted by Crippen LogP contribution is 2.32. The average Bonchev–Trinajstić information content (AvgIpc) is 2.80. The number of thiazole rings is 1. The quantitative estimate of drug-likeness (QED) is 0.869. The van der Waals surface area contributed by atoms with Gasteiger partial charge in [-0.05, 0) is 12.3 Å². The summed E-state index contributed by atoms with van der Waals surface area (Å²) in [6.07, 6.45) is 1.27. The van der Waals surface area contributed by atoms with Crippen molar-refractivity contribution in [2.24, 2.45) is 5.92 Å². The monoisotopic (exact) mass is 314 g/mol. The Kier molecular flexibility index (Phi) is 6.33. The zero-order chi connectivity index (χ0) is 14.5. The molecule has 2 heterocycles. The minimum Gasteiger partial charge on any atom is -0.369 e. The summed E-state index contributed by atoms with van der Waals surface area (Å²) in [6.45, 7) is 10.7. The van der Waals surface area contributed by atoms with Crippen molar-refractivity contribution in [1.29, 1.82) is 0 Å². The van der Waals surface area contributed by atoms with Crippen molar-refractivity contribution in [3.05, 3.63) is 15.6 Å². The highest BCUT2D eigenvalue weighted by atomic mass is 32.2. The number of rotatable bonds is 6. The van der Waals surface area contributed by atoms with E-state index in [1.807, 2.05) is 23.1 Å². The van der Waals surface area contributed by atoms with Crippen LogP contribution in [0.3, 0.4) is 0 Å². The van der Waals surface area contributed by atoms with Gasteiger partial charge in [-0.2, -0.15) is 11.8 Å². The number of nitrogens with one attached hydrogen (secondary N) is 1. The van der Waals surface area contributed by atoms with E-state index in [2.05, 4.69) is 33.0 Å². The summed E-state index contributed by atoms with van der Waals surface area (Å²) < 4.78 is 5.87. The van der Waals surface area contributed by atoms with Gasteiger partial charge in [0.05, 0.1) is 12.3 Å². The number of aromatic nitrogens is 1. The molecule has 1 aromatic heterocycles. The van der Waals surface area contributed by atoms with Crippen LogP contribution >= 0.6 is 23.1 Å². The summed E-state index contributed by atoms with van der Waals surface area (Å²) in [5.74, 6) is 2.80. The van der Waals surface area contributed by atoms with Crippen LogP contribution in [0.5, 0.6) is 0 Å². The van der Waals surface area contributed by atoms with E-state index in [9.17, 15) is 0 Å². The first-order valence-corrected chi connectivity index (χ1v) is 9.44. The van der Waals surface area contributed by atoms with Gasteiger partial charge in [0.15, 0.2) is 0 Å². The minimum atomic E-state index is 0.206. The van der Waals surface area contributed by atoms with Crippen LogP contribution in [0.1, 0.15) is 49.4 Å². The maximum atomic E-state index is 5.87. The number of nitrogens with zero attached hydrogens (tertiary/aromatic N) is 1. The second-order valence-electron chi connectivity index (χ2n) is 5.99. The number of hydrogen-bond donors (Lipinski definition) is 1. The van der Waals surface area contributed by atoms with Gasteiger partial charge in [-0.3, -0.25) is 0 Å². The van der Waals surface area contributed by atoms with Crippen molar-refractivity contribution in [3.63, 3.8) is 0 Å². The third kappa shape index (κ3) is 4.72. The van der Waals surface area contributed by atoms with E-state index < -0.39 is 0 Å². The van der Waals surface area contributed by atoms with E-state index in [0.717, 1.165) is 31.1 Å². The van der Waals surface area contributed by atoms with Gasteiger partial charge in [0, 0.05) is 29.0 Å². The molecule has 0 bridgehead atoms. The molecule has 0 aromatic carbocycles. The van der Waals surface area contributed by atoms with E-state index in [1.165, 1.54) is 15.6 Å². The largest absolute Gasteiger partial charge is 0.369 e. The molecule has 1 aliphatic rings. The lowest BCUT2D eigenvalue weighted by Crippen LogP contribution is -2.22. The van der Waals surface area contributed by atoms with E-state index >= 15 is 0 Å². The van der Waals surface area contributed by atoms with Gasteiger partial charge < -0.3 is 10.1 Å². The Morgan fingerprint density at radius 1 is 1.35 bits per heavy atom. The molecule has 1 unspecified atom stereocenters. The number of ether oxygens (including phenoxy) is 1. The molecule has 1 aromatic rings. The molecule has 0 radical (unpaired) electrons. The van der Waals surface area contributed by atoms with Crippen LogP contribution < -0.4 is 5.32 Å². The normalized spacial score (nSPS) is 20.0. The molecule has 2 rings (SSSR count). The summed E-state index contributed by atoms with van der Waals surface area (Å²) in [5, 5.41) is 4.69. The van der Waals surface area contributed by atoms with Crippen molar-refractivity contribution in [2.75, 3.05) is 18.1 Å². The van der Waals surface area contributed by atoms with E-state index in [4.69, 9.17) is 9.72 Å². The third-order valence-electron chi connectivity index (χ3n) is 3.16. The first-order valence-electron chi connectivity index (χ1n) is 7.47. The molecule has 20 heavy (non-hydrogen) atoms. The second-order valence-corrected chi connectivity index (χ2v) is 8.25. The molecule has 1 saturated heterocycles. The van der Waals surface area contributed by atoms with Crippen molar-refractivity contribution in [2.45, 2.75) is 52.8 Å². The van der Waals surface area contributed by atoms with Crippen LogP contribution in [0.15, 0.2) is 0 Å². The maximum Gasteiger partial charge on any atom is 0.123 e. The van der Waals surface area contributed by atoms with E-state index in [0.29, 0.717) is 12.0 Å². The molecule has 5 heteroatoms. The van der Waals surface area contributed by atoms with Gasteiger partial charge in [0.1, 0.15) is 11.1 Å². The lowest BCUT2D eigenvalue weighted by atomic mass is 10.1. The van der Waals surface area contributed by atoms with E-state index in [1.54, 1.807) is 0 Å². The average molecular weight is 315 g/mol. The number of thioether (sulfide) groups is 1. The summed E-state index contributed by atoms with van der Waals surface area (Å²) in [6, 6.07) is 0.508. The fourth-order valence-corrected chi connectivity index (χ4v) is 4.20. The van der Waals surface area contributed by atoms with Crippen molar-refractivity contribution >= 4 is 23.1 Å². The number of hydrogen-bond acceptors (Lipinski definition) is 5. The molecule has 1 N–H and O–H groups in total. The van der Waals surface area contributed by atoms with Gasteiger partial charge in [0.25, 0.3) is 0 Å². The van der Waals surface area contributed by atoms with Gasteiger partial charge in [0.2, 0.25) is 0 Å². The van der Waals surface area contributed by atoms with Crippen molar-refractivity contribution in [1.82, 2.24) is 10.3 Å². The van der Waals surface area contributed by atoms with E-state index in [-0.39, 0.29) is 6.10 Å². The molecule has 1 aliphatic heterocycles. The molecule has 1 atom stereocenters. The predicted molar refractivity (Wildman–Crippen MR) is 88.6 cm³/mol. The zero-order valence-corrected chi connectivity index (χ0v) is 14.6. The highest BCUT2D eigenvalue weighted by Gasteiger charge is 2.22. The zero-order valence-electron chi connectivity index (χ0n) is 12.9. The molecular formula is C15H26N2OS2. The van der Waals surface area contributed by atoms with Crippen LogP contribution in [0, 0.1) is 5.92 Å². The molecule has 0 amide bonds. The van der Waals surface area contributed by atoms with Gasteiger partial charge in [-0.1, -0.05) is 27.7 Å². The SMILES string of the molecule is CC(C)Cc1nc(C2CSCCO2)sc1CNC(C)C. The lowest BCUT2D eigenvalue weighted by Gasteiger charge is -2.19. The molecule has 1 fully saturated rings. The molecular weight excluding hydrogens is 288 g/mol. The molecule has 0 saturated carbocycles. The van der Waals surface area contributed by atoms with Gasteiger partial charge >= 0.3 is 0 Å². The molecule has 0 aliphatic carbocycles. The van der Waals surface area contributed by atoms with Gasteiger partial charge in [-0.15, -0.1) is 11.3 Å². The minimum absolute atomic E-state index is 0.206. The Morgan fingerprint density at radius 3 is 2.75 bits per heavy atom. The summed E-state index contributed by atoms with van der Waals surface area (Å²) in [5.41, 5.74) is 1.27. The fraction of sp³-hybridized carbons (Fsp3) is 0.800. The standard InChI is InChI=1S/C15H26N2OS2/c1-10(2)7-12-14(8-16-11(3)4)20-15(17-12)13-9-19-6-5-18-13/h10-11,13,16H,5-9H2,1-4H3. The first-order chi connectivity index (χ1) is 9.56. The second kappa shape index (κ2) is 7.78. The summed E-state index contributed by atoms with van der Waals surface area (Å²) in [4.78, 5) is 6.28. The van der Waals surface area contributed by atoms with Crippen LogP contribution in [0.25, 0.3) is 0 Å². The Morgan fingerprint density at radius 2 is 2.15 bits per heavy atom. The topological polar surface area (TPSA) is 34.1 Å². The smallest absolute Gasteiger partial charge is 0.123 e. The fourth-order valence-electron chi connectivity index (χ4n) is 2.15. The van der Waals surface area contributed by atoms with Crippen LogP contribution in [-0.4, -0.2) is 29.1 Å². The van der Waals surface area contributed by atoms with Crippen LogP contribution in [0.2, 0.25) is 0 Å². The van der Waals surface area contributed by atoms with Gasteiger partial charge in [-0.25, -0.2) is 4.98 Å². The Labute approximate surface area is 130 Å². The lowest BCUT2D eigenvalue weighted by molar-refractivity contribution is 0.0754. The molecule has 3 nitrogen and oxygen atoms in total. The van der Waals surface area contributed by atoms with Crippen molar-refractivity contribution < 1.29 is 4.74 Å². The maximum absolute atomic E-state index is 5.87. The van der Waals surface area contributed by atoms with Crippen LogP contribution in [-0.2, 0) is 17.7 Å². The Bertz CT molecular complexity index is 412. The summed E-state index contributed by atoms with van der Waals surface area (Å²) >= 11 is 3.81.